The van der Waals surface area contributed by atoms with Crippen LogP contribution in [0.15, 0.2) is 16.8 Å². The fraction of sp³-hybridized carbons (Fsp3) is 0.500. The van der Waals surface area contributed by atoms with E-state index in [1.165, 1.54) is 0 Å². The van der Waals surface area contributed by atoms with Crippen molar-refractivity contribution >= 4 is 11.8 Å². The number of nitrogens with zero attached hydrogens (tertiary/aromatic N) is 1. The highest BCUT2D eigenvalue weighted by atomic mass is 15.2. The fourth-order valence-corrected chi connectivity index (χ4v) is 0.943. The molecule has 66 valence electrons. The second-order valence-corrected chi connectivity index (χ2v) is 3.89. The molecular formula is C8H14N4. The third-order valence-corrected chi connectivity index (χ3v) is 1.33. The lowest BCUT2D eigenvalue weighted by atomic mass is 9.95. The molecule has 1 aliphatic rings. The molecule has 0 fully saturated rings. The molecule has 0 atom stereocenters. The second kappa shape index (κ2) is 2.62. The van der Waals surface area contributed by atoms with Crippen LogP contribution in [0.2, 0.25) is 0 Å². The Hall–Kier alpha value is -1.32. The second-order valence-electron chi connectivity index (χ2n) is 3.89. The molecule has 1 rings (SSSR count). The zero-order chi connectivity index (χ0) is 9.35. The van der Waals surface area contributed by atoms with Crippen molar-refractivity contribution in [1.29, 1.82) is 5.41 Å². The molecule has 1 aliphatic heterocycles. The molecule has 0 saturated heterocycles. The monoisotopic (exact) mass is 166 g/mol. The Balaban J connectivity index is 2.83. The minimum absolute atomic E-state index is 0.0365. The molecule has 0 saturated carbocycles. The minimum Gasteiger partial charge on any atom is -0.369 e. The SMILES string of the molecule is CC(C)(C)/C=C1\NC(N)=NC1=N. The molecule has 0 amide bonds. The summed E-state index contributed by atoms with van der Waals surface area (Å²) in [6.45, 7) is 6.18. The van der Waals surface area contributed by atoms with Crippen molar-refractivity contribution in [2.45, 2.75) is 20.8 Å². The molecule has 4 N–H and O–H groups in total. The van der Waals surface area contributed by atoms with Crippen molar-refractivity contribution < 1.29 is 0 Å². The normalized spacial score (nSPS) is 21.1. The Morgan fingerprint density at radius 1 is 1.50 bits per heavy atom. The van der Waals surface area contributed by atoms with Gasteiger partial charge in [-0.2, -0.15) is 4.99 Å². The molecule has 0 spiro atoms. The zero-order valence-electron chi connectivity index (χ0n) is 7.60. The van der Waals surface area contributed by atoms with Gasteiger partial charge < -0.3 is 11.1 Å². The van der Waals surface area contributed by atoms with Gasteiger partial charge in [0.1, 0.15) is 0 Å². The van der Waals surface area contributed by atoms with Gasteiger partial charge in [-0.1, -0.05) is 26.8 Å². The summed E-state index contributed by atoms with van der Waals surface area (Å²) in [6, 6.07) is 0. The Bertz CT molecular complexity index is 267. The predicted octanol–water partition coefficient (Wildman–Crippen LogP) is 0.812. The summed E-state index contributed by atoms with van der Waals surface area (Å²) in [5.74, 6) is 0.512. The molecule has 0 unspecified atom stereocenters. The third-order valence-electron chi connectivity index (χ3n) is 1.33. The number of rotatable bonds is 0. The molecule has 1 heterocycles. The summed E-state index contributed by atoms with van der Waals surface area (Å²) < 4.78 is 0. The van der Waals surface area contributed by atoms with Crippen LogP contribution in [0.1, 0.15) is 20.8 Å². The number of amidine groups is 1. The van der Waals surface area contributed by atoms with Crippen LogP contribution in [-0.4, -0.2) is 11.8 Å². The highest BCUT2D eigenvalue weighted by Crippen LogP contribution is 2.18. The molecule has 4 heteroatoms. The molecule has 0 aliphatic carbocycles. The van der Waals surface area contributed by atoms with Gasteiger partial charge in [0.15, 0.2) is 11.8 Å². The van der Waals surface area contributed by atoms with Gasteiger partial charge in [0, 0.05) is 0 Å². The summed E-state index contributed by atoms with van der Waals surface area (Å²) in [4.78, 5) is 3.75. The van der Waals surface area contributed by atoms with E-state index in [9.17, 15) is 0 Å². The maximum absolute atomic E-state index is 7.42. The van der Waals surface area contributed by atoms with E-state index in [2.05, 4.69) is 31.1 Å². The molecule has 0 aromatic carbocycles. The first kappa shape index (κ1) is 8.77. The Labute approximate surface area is 72.1 Å². The number of aliphatic imine (C=N–C) groups is 1. The van der Waals surface area contributed by atoms with Crippen molar-refractivity contribution in [3.05, 3.63) is 11.8 Å². The van der Waals surface area contributed by atoms with Gasteiger partial charge >= 0.3 is 0 Å². The van der Waals surface area contributed by atoms with Crippen LogP contribution in [-0.2, 0) is 0 Å². The first-order valence-electron chi connectivity index (χ1n) is 3.81. The number of nitrogens with one attached hydrogen (secondary N) is 2. The number of nitrogens with two attached hydrogens (primary N) is 1. The largest absolute Gasteiger partial charge is 0.369 e. The maximum atomic E-state index is 7.42. The van der Waals surface area contributed by atoms with Crippen LogP contribution in [0.4, 0.5) is 0 Å². The van der Waals surface area contributed by atoms with Gasteiger partial charge in [-0.15, -0.1) is 0 Å². The molecule has 0 radical (unpaired) electrons. The van der Waals surface area contributed by atoms with Crippen LogP contribution in [0, 0.1) is 10.8 Å². The van der Waals surface area contributed by atoms with E-state index in [1.54, 1.807) is 0 Å². The number of guanidine groups is 1. The van der Waals surface area contributed by atoms with E-state index in [0.717, 1.165) is 0 Å². The quantitative estimate of drug-likeness (QED) is 0.498. The summed E-state index contributed by atoms with van der Waals surface area (Å²) in [5, 5.41) is 10.2. The van der Waals surface area contributed by atoms with Gasteiger partial charge in [0.25, 0.3) is 0 Å². The zero-order valence-corrected chi connectivity index (χ0v) is 7.60. The van der Waals surface area contributed by atoms with Crippen LogP contribution >= 0.6 is 0 Å². The van der Waals surface area contributed by atoms with Gasteiger partial charge in [0.05, 0.1) is 5.70 Å². The van der Waals surface area contributed by atoms with Crippen LogP contribution in [0.3, 0.4) is 0 Å². The van der Waals surface area contributed by atoms with E-state index in [-0.39, 0.29) is 11.3 Å². The Morgan fingerprint density at radius 3 is 2.42 bits per heavy atom. The highest BCUT2D eigenvalue weighted by molar-refractivity contribution is 6.11. The van der Waals surface area contributed by atoms with Gasteiger partial charge in [-0.25, -0.2) is 0 Å². The van der Waals surface area contributed by atoms with E-state index < -0.39 is 0 Å². The van der Waals surface area contributed by atoms with E-state index in [4.69, 9.17) is 11.1 Å². The van der Waals surface area contributed by atoms with Crippen molar-refractivity contribution in [2.24, 2.45) is 16.1 Å². The average Bonchev–Trinajstić information content (AvgIpc) is 2.06. The molecule has 0 aromatic rings. The van der Waals surface area contributed by atoms with Crippen LogP contribution in [0.5, 0.6) is 0 Å². The van der Waals surface area contributed by atoms with Gasteiger partial charge in [-0.05, 0) is 5.41 Å². The standard InChI is InChI=1S/C8H14N4/c1-8(2,3)4-5-6(9)12-7(10)11-5/h4H,1-3H3,(H4,9,10,11,12)/b5-4-. The summed E-state index contributed by atoms with van der Waals surface area (Å²) in [5.41, 5.74) is 6.12. The van der Waals surface area contributed by atoms with Crippen LogP contribution < -0.4 is 11.1 Å². The van der Waals surface area contributed by atoms with Crippen molar-refractivity contribution in [2.75, 3.05) is 0 Å². The van der Waals surface area contributed by atoms with Crippen molar-refractivity contribution in [1.82, 2.24) is 5.32 Å². The lowest BCUT2D eigenvalue weighted by Crippen LogP contribution is -2.26. The summed E-state index contributed by atoms with van der Waals surface area (Å²) in [6.07, 6.45) is 1.94. The summed E-state index contributed by atoms with van der Waals surface area (Å²) >= 11 is 0. The Kier molecular flexibility index (Phi) is 1.92. The van der Waals surface area contributed by atoms with Gasteiger partial charge in [-0.3, -0.25) is 5.41 Å². The maximum Gasteiger partial charge on any atom is 0.200 e. The van der Waals surface area contributed by atoms with Gasteiger partial charge in [0.2, 0.25) is 0 Å². The number of hydrogen-bond donors (Lipinski definition) is 3. The molecular weight excluding hydrogens is 152 g/mol. The van der Waals surface area contributed by atoms with E-state index >= 15 is 0 Å². The number of allylic oxidation sites excluding steroid dienone is 1. The fourth-order valence-electron chi connectivity index (χ4n) is 0.943. The summed E-state index contributed by atoms with van der Waals surface area (Å²) in [7, 11) is 0. The third kappa shape index (κ3) is 2.08. The smallest absolute Gasteiger partial charge is 0.200 e. The van der Waals surface area contributed by atoms with Crippen molar-refractivity contribution in [3.8, 4) is 0 Å². The van der Waals surface area contributed by atoms with E-state index in [1.807, 2.05) is 6.08 Å². The molecule has 4 nitrogen and oxygen atoms in total. The average molecular weight is 166 g/mol. The predicted molar refractivity (Wildman–Crippen MR) is 50.0 cm³/mol. The van der Waals surface area contributed by atoms with Crippen molar-refractivity contribution in [3.63, 3.8) is 0 Å². The highest BCUT2D eigenvalue weighted by Gasteiger charge is 2.17. The molecule has 0 bridgehead atoms. The van der Waals surface area contributed by atoms with Crippen LogP contribution in [0.25, 0.3) is 0 Å². The molecule has 0 aromatic heterocycles. The Morgan fingerprint density at radius 2 is 2.08 bits per heavy atom. The topological polar surface area (TPSA) is 74.3 Å². The minimum atomic E-state index is 0.0365. The lowest BCUT2D eigenvalue weighted by molar-refractivity contribution is 0.540. The lowest BCUT2D eigenvalue weighted by Gasteiger charge is -2.13. The first-order valence-corrected chi connectivity index (χ1v) is 3.81. The molecule has 12 heavy (non-hydrogen) atoms. The van der Waals surface area contributed by atoms with E-state index in [0.29, 0.717) is 11.7 Å². The first-order chi connectivity index (χ1) is 5.38. The number of hydrogen-bond acceptors (Lipinski definition) is 3.